The number of sulfonamides is 1. The summed E-state index contributed by atoms with van der Waals surface area (Å²) >= 11 is 0. The predicted molar refractivity (Wildman–Crippen MR) is 75.1 cm³/mol. The molecular weight excluding hydrogens is 281 g/mol. The second kappa shape index (κ2) is 6.84. The molecular formula is C14H18FNO3S. The molecule has 0 radical (unpaired) electrons. The minimum absolute atomic E-state index is 0.0970. The molecule has 0 saturated heterocycles. The van der Waals surface area contributed by atoms with Gasteiger partial charge in [0.25, 0.3) is 0 Å². The van der Waals surface area contributed by atoms with Crippen molar-refractivity contribution in [2.75, 3.05) is 13.7 Å². The maximum absolute atomic E-state index is 13.8. The van der Waals surface area contributed by atoms with Crippen LogP contribution in [0.25, 0.3) is 0 Å². The van der Waals surface area contributed by atoms with E-state index in [1.807, 2.05) is 0 Å². The highest BCUT2D eigenvalue weighted by Crippen LogP contribution is 2.19. The average molecular weight is 299 g/mol. The molecule has 0 aliphatic rings. The average Bonchev–Trinajstić information content (AvgIpc) is 2.39. The summed E-state index contributed by atoms with van der Waals surface area (Å²) in [4.78, 5) is -0.0982. The van der Waals surface area contributed by atoms with Gasteiger partial charge in [0, 0.05) is 19.5 Å². The largest absolute Gasteiger partial charge is 0.395 e. The molecule has 110 valence electrons. The van der Waals surface area contributed by atoms with Crippen molar-refractivity contribution in [3.63, 3.8) is 0 Å². The number of hydrogen-bond donors (Lipinski definition) is 1. The van der Waals surface area contributed by atoms with Crippen molar-refractivity contribution >= 4 is 10.0 Å². The topological polar surface area (TPSA) is 57.6 Å². The quantitative estimate of drug-likeness (QED) is 0.859. The van der Waals surface area contributed by atoms with Crippen molar-refractivity contribution in [2.45, 2.75) is 31.2 Å². The van der Waals surface area contributed by atoms with Crippen molar-refractivity contribution in [3.05, 3.63) is 29.6 Å². The van der Waals surface area contributed by atoms with E-state index >= 15 is 0 Å². The first kappa shape index (κ1) is 16.6. The van der Waals surface area contributed by atoms with Gasteiger partial charge in [-0.2, -0.15) is 4.31 Å². The van der Waals surface area contributed by atoms with Gasteiger partial charge in [0.2, 0.25) is 10.0 Å². The van der Waals surface area contributed by atoms with E-state index in [4.69, 9.17) is 5.11 Å². The fourth-order valence-corrected chi connectivity index (χ4v) is 2.80. The van der Waals surface area contributed by atoms with Crippen LogP contribution >= 0.6 is 0 Å². The zero-order valence-corrected chi connectivity index (χ0v) is 12.5. The number of benzene rings is 1. The van der Waals surface area contributed by atoms with Gasteiger partial charge in [-0.25, -0.2) is 12.8 Å². The molecule has 4 nitrogen and oxygen atoms in total. The third kappa shape index (κ3) is 3.79. The minimum Gasteiger partial charge on any atom is -0.395 e. The Morgan fingerprint density at radius 1 is 1.40 bits per heavy atom. The molecule has 0 atom stereocenters. The summed E-state index contributed by atoms with van der Waals surface area (Å²) in [6.45, 7) is 3.38. The summed E-state index contributed by atoms with van der Waals surface area (Å²) in [6, 6.07) is 3.42. The molecule has 6 heteroatoms. The van der Waals surface area contributed by atoms with E-state index in [1.165, 1.54) is 23.5 Å². The lowest BCUT2D eigenvalue weighted by molar-refractivity contribution is 0.305. The maximum Gasteiger partial charge on any atom is 0.243 e. The second-order valence-electron chi connectivity index (χ2n) is 4.53. The number of hydrogen-bond acceptors (Lipinski definition) is 3. The molecule has 0 aromatic heterocycles. The molecule has 0 spiro atoms. The van der Waals surface area contributed by atoms with Crippen LogP contribution in [0.1, 0.15) is 25.8 Å². The van der Waals surface area contributed by atoms with Gasteiger partial charge in [-0.15, -0.1) is 0 Å². The SMILES string of the molecule is CC(C)N(C)S(=O)(=O)c1ccc(C#CCCO)c(F)c1. The molecule has 0 saturated carbocycles. The Morgan fingerprint density at radius 2 is 2.05 bits per heavy atom. The first-order valence-corrected chi connectivity index (χ1v) is 7.62. The molecule has 1 aromatic rings. The Labute approximate surface area is 119 Å². The molecule has 1 N–H and O–H groups in total. The zero-order chi connectivity index (χ0) is 15.3. The van der Waals surface area contributed by atoms with Crippen LogP contribution < -0.4 is 0 Å². The van der Waals surface area contributed by atoms with Gasteiger partial charge >= 0.3 is 0 Å². The van der Waals surface area contributed by atoms with E-state index in [2.05, 4.69) is 11.8 Å². The zero-order valence-electron chi connectivity index (χ0n) is 11.7. The van der Waals surface area contributed by atoms with Gasteiger partial charge in [0.1, 0.15) is 5.82 Å². The number of halogens is 1. The fourth-order valence-electron chi connectivity index (χ4n) is 1.42. The number of nitrogens with zero attached hydrogens (tertiary/aromatic N) is 1. The van der Waals surface area contributed by atoms with Crippen LogP contribution in [0.4, 0.5) is 4.39 Å². The third-order valence-electron chi connectivity index (χ3n) is 2.80. The lowest BCUT2D eigenvalue weighted by Crippen LogP contribution is -2.33. The molecule has 1 rings (SSSR count). The molecule has 0 unspecified atom stereocenters. The fraction of sp³-hybridized carbons (Fsp3) is 0.429. The molecule has 0 bridgehead atoms. The molecule has 0 aliphatic carbocycles. The van der Waals surface area contributed by atoms with E-state index in [0.29, 0.717) is 0 Å². The van der Waals surface area contributed by atoms with Crippen LogP contribution in [0.3, 0.4) is 0 Å². The first-order valence-electron chi connectivity index (χ1n) is 6.18. The number of aliphatic hydroxyl groups excluding tert-OH is 1. The van der Waals surface area contributed by atoms with Crippen LogP contribution in [-0.4, -0.2) is 37.5 Å². The Hall–Kier alpha value is -1.42. The van der Waals surface area contributed by atoms with E-state index in [9.17, 15) is 12.8 Å². The second-order valence-corrected chi connectivity index (χ2v) is 6.53. The van der Waals surface area contributed by atoms with Crippen molar-refractivity contribution in [2.24, 2.45) is 0 Å². The van der Waals surface area contributed by atoms with E-state index in [-0.39, 0.29) is 29.5 Å². The molecule has 0 heterocycles. The summed E-state index contributed by atoms with van der Waals surface area (Å²) in [5.74, 6) is 4.46. The molecule has 0 fully saturated rings. The minimum atomic E-state index is -3.70. The highest BCUT2D eigenvalue weighted by molar-refractivity contribution is 7.89. The molecule has 0 amide bonds. The van der Waals surface area contributed by atoms with Gasteiger partial charge in [-0.3, -0.25) is 0 Å². The Balaban J connectivity index is 3.13. The summed E-state index contributed by atoms with van der Waals surface area (Å²) in [7, 11) is -2.25. The standard InChI is InChI=1S/C14H18FNO3S/c1-11(2)16(3)20(18,19)13-8-7-12(14(15)10-13)6-4-5-9-17/h7-8,10-11,17H,5,9H2,1-3H3. The maximum atomic E-state index is 13.8. The lowest BCUT2D eigenvalue weighted by atomic mass is 10.2. The highest BCUT2D eigenvalue weighted by atomic mass is 32.2. The van der Waals surface area contributed by atoms with E-state index in [1.54, 1.807) is 13.8 Å². The van der Waals surface area contributed by atoms with E-state index in [0.717, 1.165) is 6.07 Å². The normalized spacial score (nSPS) is 11.6. The van der Waals surface area contributed by atoms with Gasteiger partial charge in [-0.1, -0.05) is 11.8 Å². The smallest absolute Gasteiger partial charge is 0.243 e. The van der Waals surface area contributed by atoms with Crippen LogP contribution in [0.15, 0.2) is 23.1 Å². The van der Waals surface area contributed by atoms with Crippen molar-refractivity contribution in [3.8, 4) is 11.8 Å². The number of rotatable bonds is 4. The summed E-state index contributed by atoms with van der Waals surface area (Å²) in [5.41, 5.74) is 0.115. The van der Waals surface area contributed by atoms with Crippen molar-refractivity contribution in [1.82, 2.24) is 4.31 Å². The van der Waals surface area contributed by atoms with Crippen LogP contribution in [0, 0.1) is 17.7 Å². The van der Waals surface area contributed by atoms with Crippen LogP contribution in [0.5, 0.6) is 0 Å². The Morgan fingerprint density at radius 3 is 2.55 bits per heavy atom. The molecule has 20 heavy (non-hydrogen) atoms. The van der Waals surface area contributed by atoms with Gasteiger partial charge < -0.3 is 5.11 Å². The van der Waals surface area contributed by atoms with Gasteiger partial charge in [0.15, 0.2) is 0 Å². The molecule has 0 aliphatic heterocycles. The van der Waals surface area contributed by atoms with Crippen molar-refractivity contribution in [1.29, 1.82) is 0 Å². The lowest BCUT2D eigenvalue weighted by Gasteiger charge is -2.21. The third-order valence-corrected chi connectivity index (χ3v) is 4.83. The van der Waals surface area contributed by atoms with Crippen molar-refractivity contribution < 1.29 is 17.9 Å². The Bertz CT molecular complexity index is 630. The predicted octanol–water partition coefficient (Wildman–Crippen LogP) is 1.59. The van der Waals surface area contributed by atoms with Crippen LogP contribution in [-0.2, 0) is 10.0 Å². The monoisotopic (exact) mass is 299 g/mol. The highest BCUT2D eigenvalue weighted by Gasteiger charge is 2.23. The summed E-state index contributed by atoms with van der Waals surface area (Å²) in [6.07, 6.45) is 0.246. The molecule has 1 aromatic carbocycles. The summed E-state index contributed by atoms with van der Waals surface area (Å²) in [5, 5.41) is 8.60. The van der Waals surface area contributed by atoms with Gasteiger partial charge in [0.05, 0.1) is 17.1 Å². The van der Waals surface area contributed by atoms with Gasteiger partial charge in [-0.05, 0) is 32.0 Å². The Kier molecular flexibility index (Phi) is 5.69. The van der Waals surface area contributed by atoms with Crippen LogP contribution in [0.2, 0.25) is 0 Å². The van der Waals surface area contributed by atoms with E-state index < -0.39 is 15.8 Å². The summed E-state index contributed by atoms with van der Waals surface area (Å²) < 4.78 is 39.4. The first-order chi connectivity index (χ1) is 9.30. The number of aliphatic hydroxyl groups is 1.